The maximum atomic E-state index is 13.7. The van der Waals surface area contributed by atoms with Crippen molar-refractivity contribution in [2.24, 2.45) is 0 Å². The zero-order chi connectivity index (χ0) is 20.8. The second-order valence-electron chi connectivity index (χ2n) is 6.41. The highest BCUT2D eigenvalue weighted by atomic mass is 19.1. The third-order valence-corrected chi connectivity index (χ3v) is 4.25. The van der Waals surface area contributed by atoms with Gasteiger partial charge in [-0.1, -0.05) is 36.4 Å². The highest BCUT2D eigenvalue weighted by Gasteiger charge is 2.15. The van der Waals surface area contributed by atoms with Gasteiger partial charge in [0.05, 0.1) is 6.04 Å². The molecule has 0 aliphatic rings. The maximum Gasteiger partial charge on any atom is 0.344 e. The van der Waals surface area contributed by atoms with E-state index in [0.717, 1.165) is 22.9 Å². The first-order valence-corrected chi connectivity index (χ1v) is 8.94. The number of hydrogen-bond donors (Lipinski definition) is 1. The standard InChI is InChI=1S/C22H19F2NO4/c1-14(19-9-7-17(23)11-20(19)24)25-21(26)12-29-22(27)13-28-18-8-6-15-4-2-3-5-16(15)10-18/h2-11,14H,12-13H2,1H3,(H,25,26)/t14-/m1/s1. The molecule has 3 rings (SSSR count). The molecule has 0 bridgehead atoms. The lowest BCUT2D eigenvalue weighted by molar-refractivity contribution is -0.150. The zero-order valence-corrected chi connectivity index (χ0v) is 15.7. The van der Waals surface area contributed by atoms with Gasteiger partial charge in [0.2, 0.25) is 0 Å². The Balaban J connectivity index is 1.45. The fourth-order valence-electron chi connectivity index (χ4n) is 2.80. The molecule has 0 fully saturated rings. The van der Waals surface area contributed by atoms with Crippen LogP contribution in [-0.2, 0) is 14.3 Å². The summed E-state index contributed by atoms with van der Waals surface area (Å²) in [5.74, 6) is -2.29. The number of fused-ring (bicyclic) bond motifs is 1. The van der Waals surface area contributed by atoms with Crippen molar-refractivity contribution in [3.8, 4) is 5.75 Å². The van der Waals surface area contributed by atoms with Crippen molar-refractivity contribution in [2.45, 2.75) is 13.0 Å². The van der Waals surface area contributed by atoms with Crippen LogP contribution >= 0.6 is 0 Å². The van der Waals surface area contributed by atoms with Gasteiger partial charge in [0, 0.05) is 11.6 Å². The van der Waals surface area contributed by atoms with Crippen LogP contribution in [0.1, 0.15) is 18.5 Å². The average molecular weight is 399 g/mol. The van der Waals surface area contributed by atoms with E-state index >= 15 is 0 Å². The molecule has 0 aromatic heterocycles. The summed E-state index contributed by atoms with van der Waals surface area (Å²) in [5, 5.41) is 4.51. The molecule has 0 saturated heterocycles. The number of amides is 1. The summed E-state index contributed by atoms with van der Waals surface area (Å²) in [5.41, 5.74) is 0.130. The van der Waals surface area contributed by atoms with E-state index in [1.54, 1.807) is 19.1 Å². The molecule has 3 aromatic carbocycles. The Morgan fingerprint density at radius 2 is 1.72 bits per heavy atom. The van der Waals surface area contributed by atoms with Crippen LogP contribution in [0.25, 0.3) is 10.8 Å². The predicted molar refractivity (Wildman–Crippen MR) is 103 cm³/mol. The lowest BCUT2D eigenvalue weighted by atomic mass is 10.1. The van der Waals surface area contributed by atoms with Crippen molar-refractivity contribution in [1.29, 1.82) is 0 Å². The predicted octanol–water partition coefficient (Wildman–Crippen LogP) is 3.92. The second kappa shape index (κ2) is 9.14. The van der Waals surface area contributed by atoms with Crippen LogP contribution in [0.5, 0.6) is 5.75 Å². The number of carbonyl (C=O) groups excluding carboxylic acids is 2. The van der Waals surface area contributed by atoms with Gasteiger partial charge in [-0.3, -0.25) is 4.79 Å². The van der Waals surface area contributed by atoms with Crippen LogP contribution in [0.3, 0.4) is 0 Å². The number of esters is 1. The van der Waals surface area contributed by atoms with E-state index in [4.69, 9.17) is 9.47 Å². The zero-order valence-electron chi connectivity index (χ0n) is 15.7. The van der Waals surface area contributed by atoms with E-state index in [0.29, 0.717) is 5.75 Å². The molecule has 0 heterocycles. The van der Waals surface area contributed by atoms with Crippen LogP contribution < -0.4 is 10.1 Å². The van der Waals surface area contributed by atoms with Gasteiger partial charge in [-0.15, -0.1) is 0 Å². The largest absolute Gasteiger partial charge is 0.482 e. The minimum absolute atomic E-state index is 0.130. The molecule has 0 aliphatic carbocycles. The molecule has 1 amide bonds. The van der Waals surface area contributed by atoms with Gasteiger partial charge < -0.3 is 14.8 Å². The van der Waals surface area contributed by atoms with Gasteiger partial charge in [-0.05, 0) is 35.9 Å². The summed E-state index contributed by atoms with van der Waals surface area (Å²) in [6.45, 7) is 0.652. The molecule has 0 aliphatic heterocycles. The first kappa shape index (κ1) is 20.3. The molecule has 0 spiro atoms. The summed E-state index contributed by atoms with van der Waals surface area (Å²) in [6, 6.07) is 15.5. The molecular weight excluding hydrogens is 380 g/mol. The van der Waals surface area contributed by atoms with Crippen molar-refractivity contribution in [1.82, 2.24) is 5.32 Å². The van der Waals surface area contributed by atoms with Crippen molar-refractivity contribution in [3.05, 3.63) is 77.9 Å². The summed E-state index contributed by atoms with van der Waals surface area (Å²) in [6.07, 6.45) is 0. The Bertz CT molecular complexity index is 1040. The normalized spacial score (nSPS) is 11.7. The summed E-state index contributed by atoms with van der Waals surface area (Å²) in [7, 11) is 0. The van der Waals surface area contributed by atoms with E-state index in [-0.39, 0.29) is 12.2 Å². The number of carbonyl (C=O) groups is 2. The van der Waals surface area contributed by atoms with Gasteiger partial charge >= 0.3 is 5.97 Å². The molecule has 0 radical (unpaired) electrons. The minimum Gasteiger partial charge on any atom is -0.482 e. The SMILES string of the molecule is C[C@@H](NC(=O)COC(=O)COc1ccc2ccccc2c1)c1ccc(F)cc1F. The van der Waals surface area contributed by atoms with Crippen LogP contribution in [-0.4, -0.2) is 25.1 Å². The monoisotopic (exact) mass is 399 g/mol. The molecule has 1 atom stereocenters. The first-order chi connectivity index (χ1) is 13.9. The van der Waals surface area contributed by atoms with Crippen molar-refractivity contribution in [3.63, 3.8) is 0 Å². The Kier molecular flexibility index (Phi) is 6.39. The minimum atomic E-state index is -0.765. The molecule has 5 nitrogen and oxygen atoms in total. The van der Waals surface area contributed by atoms with E-state index in [2.05, 4.69) is 5.32 Å². The number of nitrogens with one attached hydrogen (secondary N) is 1. The fourth-order valence-corrected chi connectivity index (χ4v) is 2.80. The first-order valence-electron chi connectivity index (χ1n) is 8.94. The van der Waals surface area contributed by atoms with Crippen molar-refractivity contribution < 1.29 is 27.8 Å². The van der Waals surface area contributed by atoms with Gasteiger partial charge in [-0.2, -0.15) is 0 Å². The molecule has 7 heteroatoms. The number of rotatable bonds is 7. The summed E-state index contributed by atoms with van der Waals surface area (Å²) >= 11 is 0. The summed E-state index contributed by atoms with van der Waals surface area (Å²) < 4.78 is 37.0. The van der Waals surface area contributed by atoms with E-state index in [9.17, 15) is 18.4 Å². The second-order valence-corrected chi connectivity index (χ2v) is 6.41. The lowest BCUT2D eigenvalue weighted by Crippen LogP contribution is -2.32. The Morgan fingerprint density at radius 3 is 2.48 bits per heavy atom. The third-order valence-electron chi connectivity index (χ3n) is 4.25. The van der Waals surface area contributed by atoms with Crippen LogP contribution in [0, 0.1) is 11.6 Å². The van der Waals surface area contributed by atoms with Crippen molar-refractivity contribution in [2.75, 3.05) is 13.2 Å². The van der Waals surface area contributed by atoms with Crippen LogP contribution in [0.15, 0.2) is 60.7 Å². The molecule has 29 heavy (non-hydrogen) atoms. The van der Waals surface area contributed by atoms with Crippen molar-refractivity contribution >= 4 is 22.6 Å². The summed E-state index contributed by atoms with van der Waals surface area (Å²) in [4.78, 5) is 23.7. The number of hydrogen-bond acceptors (Lipinski definition) is 4. The van der Waals surface area contributed by atoms with E-state index in [1.165, 1.54) is 6.07 Å². The highest BCUT2D eigenvalue weighted by molar-refractivity contribution is 5.84. The molecular formula is C22H19F2NO4. The van der Waals surface area contributed by atoms with Gasteiger partial charge in [0.1, 0.15) is 17.4 Å². The number of benzene rings is 3. The Hall–Kier alpha value is -3.48. The van der Waals surface area contributed by atoms with Gasteiger partial charge in [-0.25, -0.2) is 13.6 Å². The molecule has 1 N–H and O–H groups in total. The third kappa shape index (κ3) is 5.51. The quantitative estimate of drug-likeness (QED) is 0.612. The molecule has 150 valence electrons. The van der Waals surface area contributed by atoms with Crippen LogP contribution in [0.2, 0.25) is 0 Å². The lowest BCUT2D eigenvalue weighted by Gasteiger charge is -2.15. The fraction of sp³-hybridized carbons (Fsp3) is 0.182. The van der Waals surface area contributed by atoms with Crippen LogP contribution in [0.4, 0.5) is 8.78 Å². The van der Waals surface area contributed by atoms with E-state index < -0.39 is 36.2 Å². The smallest absolute Gasteiger partial charge is 0.344 e. The average Bonchev–Trinajstić information content (AvgIpc) is 2.70. The van der Waals surface area contributed by atoms with Gasteiger partial charge in [0.25, 0.3) is 5.91 Å². The molecule has 3 aromatic rings. The number of ether oxygens (including phenoxy) is 2. The highest BCUT2D eigenvalue weighted by Crippen LogP contribution is 2.20. The number of halogens is 2. The van der Waals surface area contributed by atoms with E-state index in [1.807, 2.05) is 30.3 Å². The Morgan fingerprint density at radius 1 is 0.966 bits per heavy atom. The molecule has 0 saturated carbocycles. The Labute approximate surface area is 166 Å². The molecule has 0 unspecified atom stereocenters. The maximum absolute atomic E-state index is 13.7. The van der Waals surface area contributed by atoms with Gasteiger partial charge in [0.15, 0.2) is 13.2 Å². The topological polar surface area (TPSA) is 64.6 Å².